The first-order valence-corrected chi connectivity index (χ1v) is 9.04. The summed E-state index contributed by atoms with van der Waals surface area (Å²) >= 11 is -0.189. The van der Waals surface area contributed by atoms with Gasteiger partial charge in [0.2, 0.25) is 0 Å². The maximum absolute atomic E-state index is 3.74. The average molecular weight is 376 g/mol. The molecule has 1 aromatic rings. The zero-order valence-corrected chi connectivity index (χ0v) is 17.3. The van der Waals surface area contributed by atoms with Gasteiger partial charge in [-0.1, -0.05) is 0 Å². The smallest absolute Gasteiger partial charge is 0.147 e. The molecule has 0 fully saturated rings. The van der Waals surface area contributed by atoms with Gasteiger partial charge in [0, 0.05) is 0 Å². The van der Waals surface area contributed by atoms with Gasteiger partial charge in [0.15, 0.2) is 0 Å². The van der Waals surface area contributed by atoms with Crippen LogP contribution in [0.25, 0.3) is 5.57 Å². The summed E-state index contributed by atoms with van der Waals surface area (Å²) in [6, 6.07) is 8.93. The number of allylic oxidation sites excluding steroid dienone is 4. The predicted molar refractivity (Wildman–Crippen MR) is 98.6 cm³/mol. The Hall–Kier alpha value is -0.0457. The van der Waals surface area contributed by atoms with Crippen LogP contribution in [0.5, 0.6) is 0 Å². The summed E-state index contributed by atoms with van der Waals surface area (Å²) in [5, 5.41) is 0. The Labute approximate surface area is 157 Å². The second-order valence-corrected chi connectivity index (χ2v) is 8.84. The standard InChI is InChI=1S/C14H15.C4H10N.2ClH.Ti/c1-3-12-6-4-5-7-14(12)13-9-8-11(2)10-13;1-4(2,3)5;;;/h3-8,10H,9H2,1-2H3;5H,1-3H3;2*1H;/q;-1;;;+1. The SMILES string of the molecule is CC1=CCC(c2ccccc2[CH](C)[Ti][NH]C(C)(C)C)=C1.Cl.Cl. The quantitative estimate of drug-likeness (QED) is 0.664. The summed E-state index contributed by atoms with van der Waals surface area (Å²) in [5.74, 6) is 0. The van der Waals surface area contributed by atoms with E-state index < -0.39 is 0 Å². The Kier molecular flexibility index (Phi) is 9.28. The molecule has 0 amide bonds. The number of hydrogen-bond donors (Lipinski definition) is 1. The van der Waals surface area contributed by atoms with E-state index in [1.54, 1.807) is 0 Å². The average Bonchev–Trinajstić information content (AvgIpc) is 2.82. The van der Waals surface area contributed by atoms with E-state index in [0.29, 0.717) is 4.22 Å². The number of rotatable bonds is 4. The van der Waals surface area contributed by atoms with Gasteiger partial charge in [-0.15, -0.1) is 24.8 Å². The van der Waals surface area contributed by atoms with Crippen molar-refractivity contribution >= 4 is 30.4 Å². The van der Waals surface area contributed by atoms with Crippen LogP contribution in [0.4, 0.5) is 0 Å². The van der Waals surface area contributed by atoms with Gasteiger partial charge in [-0.2, -0.15) is 0 Å². The van der Waals surface area contributed by atoms with Gasteiger partial charge in [0.25, 0.3) is 0 Å². The molecule has 0 aromatic heterocycles. The normalized spacial score (nSPS) is 15.1. The van der Waals surface area contributed by atoms with Crippen molar-refractivity contribution in [2.24, 2.45) is 0 Å². The molecule has 22 heavy (non-hydrogen) atoms. The summed E-state index contributed by atoms with van der Waals surface area (Å²) < 4.78 is 4.38. The molecular weight excluding hydrogens is 349 g/mol. The first-order chi connectivity index (χ1) is 9.37. The van der Waals surface area contributed by atoms with E-state index in [2.05, 4.69) is 74.8 Å². The molecule has 1 aromatic carbocycles. The van der Waals surface area contributed by atoms with Crippen LogP contribution in [0, 0.1) is 0 Å². The maximum atomic E-state index is 3.74. The number of hydrogen-bond acceptors (Lipinski definition) is 1. The van der Waals surface area contributed by atoms with Crippen LogP contribution >= 0.6 is 24.8 Å². The van der Waals surface area contributed by atoms with Crippen LogP contribution in [0.3, 0.4) is 0 Å². The van der Waals surface area contributed by atoms with E-state index in [0.717, 1.165) is 6.42 Å². The minimum absolute atomic E-state index is 0. The van der Waals surface area contributed by atoms with E-state index >= 15 is 0 Å². The van der Waals surface area contributed by atoms with Gasteiger partial charge in [0.05, 0.1) is 0 Å². The second kappa shape index (κ2) is 9.30. The van der Waals surface area contributed by atoms with Gasteiger partial charge in [-0.3, -0.25) is 0 Å². The molecule has 0 radical (unpaired) electrons. The fraction of sp³-hybridized carbons (Fsp3) is 0.444. The van der Waals surface area contributed by atoms with E-state index in [4.69, 9.17) is 0 Å². The summed E-state index contributed by atoms with van der Waals surface area (Å²) in [6.45, 7) is 11.3. The summed E-state index contributed by atoms with van der Waals surface area (Å²) in [5.41, 5.74) is 6.07. The maximum Gasteiger partial charge on any atom is -0.147 e. The molecule has 0 aliphatic heterocycles. The fourth-order valence-electron chi connectivity index (χ4n) is 2.42. The van der Waals surface area contributed by atoms with Crippen molar-refractivity contribution in [3.63, 3.8) is 0 Å². The van der Waals surface area contributed by atoms with Crippen molar-refractivity contribution in [2.75, 3.05) is 0 Å². The van der Waals surface area contributed by atoms with Crippen LogP contribution < -0.4 is 3.80 Å². The van der Waals surface area contributed by atoms with Gasteiger partial charge < -0.3 is 0 Å². The topological polar surface area (TPSA) is 12.0 Å². The van der Waals surface area contributed by atoms with Crippen LogP contribution in [-0.4, -0.2) is 5.54 Å². The molecule has 1 aliphatic carbocycles. The molecule has 0 heterocycles. The van der Waals surface area contributed by atoms with E-state index in [1.807, 2.05) is 0 Å². The minimum atomic E-state index is -0.189. The molecule has 1 aliphatic rings. The van der Waals surface area contributed by atoms with Crippen molar-refractivity contribution in [1.82, 2.24) is 3.80 Å². The second-order valence-electron chi connectivity index (χ2n) is 6.65. The summed E-state index contributed by atoms with van der Waals surface area (Å²) in [7, 11) is 0. The fourth-order valence-corrected chi connectivity index (χ4v) is 4.07. The van der Waals surface area contributed by atoms with Crippen molar-refractivity contribution in [2.45, 2.75) is 50.8 Å². The van der Waals surface area contributed by atoms with Crippen LogP contribution in [0.2, 0.25) is 0 Å². The Morgan fingerprint density at radius 2 is 1.77 bits per heavy atom. The van der Waals surface area contributed by atoms with Crippen molar-refractivity contribution < 1.29 is 19.4 Å². The van der Waals surface area contributed by atoms with Gasteiger partial charge in [-0.25, -0.2) is 0 Å². The van der Waals surface area contributed by atoms with Crippen LogP contribution in [0.15, 0.2) is 42.0 Å². The molecule has 2 rings (SSSR count). The van der Waals surface area contributed by atoms with Gasteiger partial charge in [0.1, 0.15) is 0 Å². The predicted octanol–water partition coefficient (Wildman–Crippen LogP) is 5.71. The Balaban J connectivity index is 0.00000220. The van der Waals surface area contributed by atoms with Crippen LogP contribution in [0.1, 0.15) is 56.4 Å². The molecule has 0 saturated heterocycles. The third-order valence-electron chi connectivity index (χ3n) is 3.48. The molecule has 0 spiro atoms. The van der Waals surface area contributed by atoms with Crippen molar-refractivity contribution in [3.05, 3.63) is 53.1 Å². The molecule has 4 heteroatoms. The van der Waals surface area contributed by atoms with E-state index in [9.17, 15) is 0 Å². The molecule has 1 unspecified atom stereocenters. The summed E-state index contributed by atoms with van der Waals surface area (Å²) in [6.07, 6.45) is 5.74. The minimum Gasteiger partial charge on any atom is -0.147 e. The van der Waals surface area contributed by atoms with Crippen LogP contribution in [-0.2, 0) is 19.4 Å². The Morgan fingerprint density at radius 3 is 2.32 bits per heavy atom. The first kappa shape index (κ1) is 22.0. The number of halogens is 2. The molecule has 1 atom stereocenters. The van der Waals surface area contributed by atoms with Crippen molar-refractivity contribution in [1.29, 1.82) is 0 Å². The number of benzene rings is 1. The molecular formula is C18H27Cl2NTi. The monoisotopic (exact) mass is 375 g/mol. The van der Waals surface area contributed by atoms with Gasteiger partial charge in [-0.05, 0) is 0 Å². The molecule has 0 saturated carbocycles. The largest absolute Gasteiger partial charge is 0.147 e. The molecule has 0 bridgehead atoms. The Bertz CT molecular complexity index is 544. The Morgan fingerprint density at radius 1 is 1.14 bits per heavy atom. The van der Waals surface area contributed by atoms with E-state index in [-0.39, 0.29) is 49.8 Å². The van der Waals surface area contributed by atoms with Gasteiger partial charge >= 0.3 is 133 Å². The summed E-state index contributed by atoms with van der Waals surface area (Å²) in [4.78, 5) is 0. The number of nitrogens with one attached hydrogen (secondary N) is 1. The molecule has 1 N–H and O–H groups in total. The zero-order chi connectivity index (χ0) is 14.8. The third-order valence-corrected chi connectivity index (χ3v) is 6.04. The van der Waals surface area contributed by atoms with Crippen molar-refractivity contribution in [3.8, 4) is 0 Å². The molecule has 1 nitrogen and oxygen atoms in total. The molecule has 122 valence electrons. The first-order valence-electron chi connectivity index (χ1n) is 7.36. The van der Waals surface area contributed by atoms with E-state index in [1.165, 1.54) is 22.3 Å². The third kappa shape index (κ3) is 6.22. The zero-order valence-electron chi connectivity index (χ0n) is 14.1.